The smallest absolute Gasteiger partial charge is 0.408 e. The van der Waals surface area contributed by atoms with Crippen molar-refractivity contribution in [2.75, 3.05) is 11.9 Å². The van der Waals surface area contributed by atoms with Gasteiger partial charge in [0, 0.05) is 11.1 Å². The number of halogens is 1. The normalized spacial score (nSPS) is 12.4. The van der Waals surface area contributed by atoms with Crippen molar-refractivity contribution in [2.24, 2.45) is 0 Å². The standard InChI is InChI=1S/C27H36ClN3O5/c1-8-27(6,7)31(21(33)16-29-25(35)36-26(3,4)5)23(18-13-9-10-15-20(18)32)24(34)30-22-17(2)12-11-14-19(22)28/h9-15,23,32H,8,16H2,1-7H3,(H,29,35)(H,30,34). The molecule has 3 amide bonds. The van der Waals surface area contributed by atoms with E-state index in [0.29, 0.717) is 17.1 Å². The van der Waals surface area contributed by atoms with E-state index in [9.17, 15) is 19.5 Å². The molecule has 0 bridgehead atoms. The van der Waals surface area contributed by atoms with E-state index in [1.165, 1.54) is 11.0 Å². The van der Waals surface area contributed by atoms with Gasteiger partial charge < -0.3 is 25.4 Å². The summed E-state index contributed by atoms with van der Waals surface area (Å²) in [6.45, 7) is 12.1. The molecule has 0 aliphatic rings. The fourth-order valence-electron chi connectivity index (χ4n) is 3.65. The number of carbonyl (C=O) groups is 3. The third kappa shape index (κ3) is 7.37. The molecular weight excluding hydrogens is 482 g/mol. The van der Waals surface area contributed by atoms with Crippen LogP contribution in [0.25, 0.3) is 0 Å². The first kappa shape index (κ1) is 29.0. The SMILES string of the molecule is CCC(C)(C)N(C(=O)CNC(=O)OC(C)(C)C)C(C(=O)Nc1c(C)cccc1Cl)c1ccccc1O. The van der Waals surface area contributed by atoms with Crippen molar-refractivity contribution in [3.8, 4) is 5.75 Å². The summed E-state index contributed by atoms with van der Waals surface area (Å²) in [6.07, 6.45) is -0.256. The Hall–Kier alpha value is -3.26. The number of nitrogens with zero attached hydrogens (tertiary/aromatic N) is 1. The van der Waals surface area contributed by atoms with Gasteiger partial charge in [0.25, 0.3) is 5.91 Å². The molecule has 0 saturated heterocycles. The Balaban J connectivity index is 2.53. The Kier molecular flexibility index (Phi) is 9.38. The van der Waals surface area contributed by atoms with Gasteiger partial charge in [0.2, 0.25) is 5.91 Å². The second-order valence-corrected chi connectivity index (χ2v) is 10.6. The van der Waals surface area contributed by atoms with Crippen molar-refractivity contribution < 1.29 is 24.2 Å². The fraction of sp³-hybridized carbons (Fsp3) is 0.444. The number of alkyl carbamates (subject to hydrolysis) is 1. The molecule has 0 aliphatic carbocycles. The molecule has 2 aromatic rings. The molecule has 2 aromatic carbocycles. The van der Waals surface area contributed by atoms with Crippen LogP contribution in [0.5, 0.6) is 5.75 Å². The first-order valence-corrected chi connectivity index (χ1v) is 12.2. The molecule has 0 fully saturated rings. The van der Waals surface area contributed by atoms with Gasteiger partial charge in [-0.3, -0.25) is 9.59 Å². The number of aromatic hydroxyl groups is 1. The monoisotopic (exact) mass is 517 g/mol. The number of nitrogens with one attached hydrogen (secondary N) is 2. The molecular formula is C27H36ClN3O5. The molecule has 9 heteroatoms. The van der Waals surface area contributed by atoms with Crippen LogP contribution in [-0.4, -0.2) is 45.6 Å². The van der Waals surface area contributed by atoms with Gasteiger partial charge in [-0.2, -0.15) is 0 Å². The molecule has 0 spiro atoms. The Morgan fingerprint density at radius 1 is 1.06 bits per heavy atom. The lowest BCUT2D eigenvalue weighted by atomic mass is 9.92. The highest BCUT2D eigenvalue weighted by Gasteiger charge is 2.41. The number of hydrogen-bond donors (Lipinski definition) is 3. The summed E-state index contributed by atoms with van der Waals surface area (Å²) >= 11 is 6.35. The van der Waals surface area contributed by atoms with E-state index in [4.69, 9.17) is 16.3 Å². The first-order valence-electron chi connectivity index (χ1n) is 11.8. The molecule has 0 radical (unpaired) electrons. The third-order valence-corrected chi connectivity index (χ3v) is 6.09. The summed E-state index contributed by atoms with van der Waals surface area (Å²) in [5.41, 5.74) is -0.163. The molecule has 0 aliphatic heterocycles. The zero-order chi connectivity index (χ0) is 27.3. The van der Waals surface area contributed by atoms with Crippen molar-refractivity contribution >= 4 is 35.2 Å². The molecule has 3 N–H and O–H groups in total. The Morgan fingerprint density at radius 2 is 1.69 bits per heavy atom. The summed E-state index contributed by atoms with van der Waals surface area (Å²) in [6, 6.07) is 10.4. The highest BCUT2D eigenvalue weighted by Crippen LogP contribution is 2.37. The first-order chi connectivity index (χ1) is 16.7. The average Bonchev–Trinajstić information content (AvgIpc) is 2.77. The molecule has 0 heterocycles. The topological polar surface area (TPSA) is 108 Å². The van der Waals surface area contributed by atoms with Crippen molar-refractivity contribution in [2.45, 2.75) is 72.1 Å². The number of para-hydroxylation sites is 2. The van der Waals surface area contributed by atoms with Crippen molar-refractivity contribution in [1.29, 1.82) is 0 Å². The number of ether oxygens (including phenoxy) is 1. The summed E-state index contributed by atoms with van der Waals surface area (Å²) in [5.74, 6) is -1.22. The third-order valence-electron chi connectivity index (χ3n) is 5.78. The Labute approximate surface area is 218 Å². The average molecular weight is 518 g/mol. The number of phenolic OH excluding ortho intramolecular Hbond substituents is 1. The van der Waals surface area contributed by atoms with E-state index in [0.717, 1.165) is 5.56 Å². The minimum Gasteiger partial charge on any atom is -0.508 e. The maximum absolute atomic E-state index is 13.8. The van der Waals surface area contributed by atoms with Crippen molar-refractivity contribution in [1.82, 2.24) is 10.2 Å². The van der Waals surface area contributed by atoms with Crippen molar-refractivity contribution in [3.63, 3.8) is 0 Å². The van der Waals surface area contributed by atoms with Gasteiger partial charge in [-0.15, -0.1) is 0 Å². The van der Waals surface area contributed by atoms with Crippen LogP contribution in [0.4, 0.5) is 10.5 Å². The number of rotatable bonds is 8. The summed E-state index contributed by atoms with van der Waals surface area (Å²) in [4.78, 5) is 41.0. The van der Waals surface area contributed by atoms with Crippen LogP contribution >= 0.6 is 11.6 Å². The van der Waals surface area contributed by atoms with Crippen LogP contribution in [0.1, 0.15) is 65.1 Å². The van der Waals surface area contributed by atoms with E-state index in [1.807, 2.05) is 20.8 Å². The van der Waals surface area contributed by atoms with Crippen LogP contribution in [0.3, 0.4) is 0 Å². The van der Waals surface area contributed by atoms with Gasteiger partial charge in [-0.25, -0.2) is 4.79 Å². The lowest BCUT2D eigenvalue weighted by Crippen LogP contribution is -2.55. The van der Waals surface area contributed by atoms with E-state index >= 15 is 0 Å². The van der Waals surface area contributed by atoms with Crippen LogP contribution in [0, 0.1) is 6.92 Å². The summed E-state index contributed by atoms with van der Waals surface area (Å²) in [7, 11) is 0. The van der Waals surface area contributed by atoms with Crippen LogP contribution in [-0.2, 0) is 14.3 Å². The number of phenols is 1. The van der Waals surface area contributed by atoms with Crippen LogP contribution in [0.15, 0.2) is 42.5 Å². The fourth-order valence-corrected chi connectivity index (χ4v) is 3.92. The van der Waals surface area contributed by atoms with Gasteiger partial charge in [0.1, 0.15) is 23.9 Å². The quantitative estimate of drug-likeness (QED) is 0.424. The molecule has 8 nitrogen and oxygen atoms in total. The maximum atomic E-state index is 13.8. The molecule has 0 aromatic heterocycles. The second-order valence-electron chi connectivity index (χ2n) is 10.2. The zero-order valence-electron chi connectivity index (χ0n) is 21.9. The molecule has 196 valence electrons. The number of benzene rings is 2. The van der Waals surface area contributed by atoms with Gasteiger partial charge in [-0.05, 0) is 65.7 Å². The molecule has 1 unspecified atom stereocenters. The van der Waals surface area contributed by atoms with E-state index < -0.39 is 41.6 Å². The number of carbonyl (C=O) groups excluding carboxylic acids is 3. The Bertz CT molecular complexity index is 1090. The number of amides is 3. The predicted molar refractivity (Wildman–Crippen MR) is 141 cm³/mol. The lowest BCUT2D eigenvalue weighted by molar-refractivity contribution is -0.145. The number of anilines is 1. The van der Waals surface area contributed by atoms with Crippen LogP contribution < -0.4 is 10.6 Å². The van der Waals surface area contributed by atoms with Gasteiger partial charge >= 0.3 is 6.09 Å². The van der Waals surface area contributed by atoms with Gasteiger partial charge in [-0.1, -0.05) is 48.9 Å². The highest BCUT2D eigenvalue weighted by atomic mass is 35.5. The van der Waals surface area contributed by atoms with E-state index in [1.54, 1.807) is 64.1 Å². The maximum Gasteiger partial charge on any atom is 0.408 e. The van der Waals surface area contributed by atoms with Gasteiger partial charge in [0.15, 0.2) is 0 Å². The second kappa shape index (κ2) is 11.6. The molecule has 2 rings (SSSR count). The Morgan fingerprint density at radius 3 is 2.25 bits per heavy atom. The number of hydrogen-bond acceptors (Lipinski definition) is 5. The minimum atomic E-state index is -1.22. The summed E-state index contributed by atoms with van der Waals surface area (Å²) < 4.78 is 5.24. The number of aryl methyl sites for hydroxylation is 1. The molecule has 36 heavy (non-hydrogen) atoms. The molecule has 1 atom stereocenters. The van der Waals surface area contributed by atoms with Crippen molar-refractivity contribution in [3.05, 3.63) is 58.6 Å². The van der Waals surface area contributed by atoms with Gasteiger partial charge in [0.05, 0.1) is 10.7 Å². The summed E-state index contributed by atoms with van der Waals surface area (Å²) in [5, 5.41) is 16.4. The van der Waals surface area contributed by atoms with Crippen LogP contribution in [0.2, 0.25) is 5.02 Å². The van der Waals surface area contributed by atoms with E-state index in [2.05, 4.69) is 10.6 Å². The zero-order valence-corrected chi connectivity index (χ0v) is 22.7. The minimum absolute atomic E-state index is 0.140. The molecule has 0 saturated carbocycles. The lowest BCUT2D eigenvalue weighted by Gasteiger charge is -2.43. The highest BCUT2D eigenvalue weighted by molar-refractivity contribution is 6.34. The predicted octanol–water partition coefficient (Wildman–Crippen LogP) is 5.58. The largest absolute Gasteiger partial charge is 0.508 e. The van der Waals surface area contributed by atoms with E-state index in [-0.39, 0.29) is 11.3 Å².